The molecule has 138 valence electrons. The van der Waals surface area contributed by atoms with Gasteiger partial charge in [0.15, 0.2) is 5.96 Å². The SMILES string of the molecule is CN=C(NCC1CCc2nnc(C)n2C1)NC1CC(C)N(C2CC2)C1. The van der Waals surface area contributed by atoms with Crippen LogP contribution >= 0.6 is 0 Å². The minimum Gasteiger partial charge on any atom is -0.356 e. The van der Waals surface area contributed by atoms with E-state index in [2.05, 4.69) is 42.2 Å². The molecule has 0 bridgehead atoms. The largest absolute Gasteiger partial charge is 0.356 e. The summed E-state index contributed by atoms with van der Waals surface area (Å²) in [6.07, 6.45) is 6.17. The number of fused-ring (bicyclic) bond motifs is 1. The molecule has 3 unspecified atom stereocenters. The highest BCUT2D eigenvalue weighted by molar-refractivity contribution is 5.80. The summed E-state index contributed by atoms with van der Waals surface area (Å²) >= 11 is 0. The molecule has 3 atom stereocenters. The molecule has 3 heterocycles. The second-order valence-corrected chi connectivity index (χ2v) is 7.99. The van der Waals surface area contributed by atoms with E-state index in [1.807, 2.05) is 14.0 Å². The first kappa shape index (κ1) is 16.8. The lowest BCUT2D eigenvalue weighted by molar-refractivity contribution is 0.256. The van der Waals surface area contributed by atoms with E-state index in [0.717, 1.165) is 56.1 Å². The van der Waals surface area contributed by atoms with Crippen LogP contribution in [0, 0.1) is 12.8 Å². The molecular weight excluding hydrogens is 314 g/mol. The third-order valence-electron chi connectivity index (χ3n) is 5.99. The average molecular weight is 345 g/mol. The van der Waals surface area contributed by atoms with Crippen LogP contribution in [0.15, 0.2) is 4.99 Å². The van der Waals surface area contributed by atoms with Crippen LogP contribution in [0.1, 0.15) is 44.3 Å². The van der Waals surface area contributed by atoms with Gasteiger partial charge in [0.2, 0.25) is 0 Å². The van der Waals surface area contributed by atoms with Gasteiger partial charge in [-0.2, -0.15) is 0 Å². The summed E-state index contributed by atoms with van der Waals surface area (Å²) < 4.78 is 2.26. The second kappa shape index (κ2) is 6.94. The predicted octanol–water partition coefficient (Wildman–Crippen LogP) is 0.939. The van der Waals surface area contributed by atoms with E-state index in [1.54, 1.807) is 0 Å². The number of hydrogen-bond acceptors (Lipinski definition) is 4. The van der Waals surface area contributed by atoms with Gasteiger partial charge in [-0.3, -0.25) is 9.89 Å². The zero-order chi connectivity index (χ0) is 17.4. The van der Waals surface area contributed by atoms with Crippen LogP contribution in [0.3, 0.4) is 0 Å². The molecule has 1 aromatic heterocycles. The molecule has 2 aliphatic heterocycles. The fraction of sp³-hybridized carbons (Fsp3) is 0.833. The Morgan fingerprint density at radius 3 is 2.84 bits per heavy atom. The zero-order valence-electron chi connectivity index (χ0n) is 15.7. The lowest BCUT2D eigenvalue weighted by Crippen LogP contribution is -2.46. The number of guanidine groups is 1. The fourth-order valence-corrected chi connectivity index (χ4v) is 4.40. The molecule has 0 aromatic carbocycles. The van der Waals surface area contributed by atoms with Gasteiger partial charge in [0.05, 0.1) is 0 Å². The Balaban J connectivity index is 1.26. The minimum absolute atomic E-state index is 0.514. The monoisotopic (exact) mass is 345 g/mol. The quantitative estimate of drug-likeness (QED) is 0.628. The molecule has 2 N–H and O–H groups in total. The first-order valence-electron chi connectivity index (χ1n) is 9.75. The van der Waals surface area contributed by atoms with Gasteiger partial charge in [0, 0.05) is 51.2 Å². The number of aromatic nitrogens is 3. The predicted molar refractivity (Wildman–Crippen MR) is 98.7 cm³/mol. The maximum atomic E-state index is 4.44. The number of nitrogens with zero attached hydrogens (tertiary/aromatic N) is 5. The van der Waals surface area contributed by atoms with E-state index in [1.165, 1.54) is 19.3 Å². The molecule has 0 spiro atoms. The summed E-state index contributed by atoms with van der Waals surface area (Å²) in [5.41, 5.74) is 0. The van der Waals surface area contributed by atoms with Crippen molar-refractivity contribution in [3.8, 4) is 0 Å². The highest BCUT2D eigenvalue weighted by Gasteiger charge is 2.38. The molecule has 1 aromatic rings. The van der Waals surface area contributed by atoms with E-state index >= 15 is 0 Å². The van der Waals surface area contributed by atoms with Crippen LogP contribution in [-0.2, 0) is 13.0 Å². The molecule has 25 heavy (non-hydrogen) atoms. The molecular formula is C18H31N7. The Bertz CT molecular complexity index is 633. The molecule has 2 fully saturated rings. The van der Waals surface area contributed by atoms with Crippen molar-refractivity contribution in [2.45, 2.75) is 70.6 Å². The third-order valence-corrected chi connectivity index (χ3v) is 5.99. The third kappa shape index (κ3) is 3.66. The molecule has 7 nitrogen and oxygen atoms in total. The zero-order valence-corrected chi connectivity index (χ0v) is 15.7. The van der Waals surface area contributed by atoms with E-state index in [4.69, 9.17) is 0 Å². The number of aliphatic imine (C=N–C) groups is 1. The van der Waals surface area contributed by atoms with Crippen molar-refractivity contribution in [3.63, 3.8) is 0 Å². The number of nitrogens with one attached hydrogen (secondary N) is 2. The summed E-state index contributed by atoms with van der Waals surface area (Å²) in [7, 11) is 1.87. The highest BCUT2D eigenvalue weighted by Crippen LogP contribution is 2.33. The Morgan fingerprint density at radius 1 is 1.24 bits per heavy atom. The first-order valence-corrected chi connectivity index (χ1v) is 9.75. The van der Waals surface area contributed by atoms with E-state index in [9.17, 15) is 0 Å². The summed E-state index contributed by atoms with van der Waals surface area (Å²) in [6, 6.07) is 2.05. The van der Waals surface area contributed by atoms with Crippen LogP contribution in [-0.4, -0.2) is 63.9 Å². The molecule has 4 rings (SSSR count). The Hall–Kier alpha value is -1.63. The maximum absolute atomic E-state index is 4.44. The second-order valence-electron chi connectivity index (χ2n) is 7.99. The summed E-state index contributed by atoms with van der Waals surface area (Å²) in [5, 5.41) is 15.6. The number of likely N-dealkylation sites (tertiary alicyclic amines) is 1. The average Bonchev–Trinajstić information content (AvgIpc) is 3.30. The number of aryl methyl sites for hydroxylation is 2. The number of rotatable bonds is 4. The van der Waals surface area contributed by atoms with Crippen LogP contribution in [0.5, 0.6) is 0 Å². The Morgan fingerprint density at radius 2 is 2.08 bits per heavy atom. The first-order chi connectivity index (χ1) is 12.1. The van der Waals surface area contributed by atoms with Gasteiger partial charge in [0.1, 0.15) is 11.6 Å². The van der Waals surface area contributed by atoms with Crippen LogP contribution in [0.25, 0.3) is 0 Å². The van der Waals surface area contributed by atoms with Gasteiger partial charge >= 0.3 is 0 Å². The molecule has 7 heteroatoms. The van der Waals surface area contributed by atoms with Crippen molar-refractivity contribution in [3.05, 3.63) is 11.6 Å². The van der Waals surface area contributed by atoms with Gasteiger partial charge in [-0.25, -0.2) is 0 Å². The van der Waals surface area contributed by atoms with Gasteiger partial charge < -0.3 is 15.2 Å². The molecule has 0 amide bonds. The summed E-state index contributed by atoms with van der Waals surface area (Å²) in [5.74, 6) is 3.71. The van der Waals surface area contributed by atoms with Crippen molar-refractivity contribution in [1.29, 1.82) is 0 Å². The normalized spacial score (nSPS) is 30.4. The number of hydrogen-bond donors (Lipinski definition) is 2. The van der Waals surface area contributed by atoms with E-state index in [-0.39, 0.29) is 0 Å². The van der Waals surface area contributed by atoms with Crippen molar-refractivity contribution < 1.29 is 0 Å². The van der Waals surface area contributed by atoms with E-state index in [0.29, 0.717) is 18.0 Å². The van der Waals surface area contributed by atoms with Gasteiger partial charge in [0.25, 0.3) is 0 Å². The van der Waals surface area contributed by atoms with Crippen molar-refractivity contribution in [2.75, 3.05) is 20.1 Å². The summed E-state index contributed by atoms with van der Waals surface area (Å²) in [4.78, 5) is 7.11. The topological polar surface area (TPSA) is 70.4 Å². The molecule has 1 saturated carbocycles. The van der Waals surface area contributed by atoms with Gasteiger partial charge in [-0.15, -0.1) is 10.2 Å². The lowest BCUT2D eigenvalue weighted by atomic mass is 9.99. The lowest BCUT2D eigenvalue weighted by Gasteiger charge is -2.25. The standard InChI is InChI=1S/C18H31N7/c1-12-8-15(11-24(12)16-5-6-16)21-18(19-3)20-9-14-4-7-17-23-22-13(2)25(17)10-14/h12,14-16H,4-11H2,1-3H3,(H2,19,20,21). The van der Waals surface area contributed by atoms with Crippen LogP contribution < -0.4 is 10.6 Å². The summed E-state index contributed by atoms with van der Waals surface area (Å²) in [6.45, 7) is 7.51. The van der Waals surface area contributed by atoms with E-state index < -0.39 is 0 Å². The molecule has 3 aliphatic rings. The fourth-order valence-electron chi connectivity index (χ4n) is 4.40. The van der Waals surface area contributed by atoms with Crippen molar-refractivity contribution in [2.24, 2.45) is 10.9 Å². The van der Waals surface area contributed by atoms with Gasteiger partial charge in [-0.05, 0) is 45.4 Å². The van der Waals surface area contributed by atoms with Crippen LogP contribution in [0.4, 0.5) is 0 Å². The molecule has 1 aliphatic carbocycles. The smallest absolute Gasteiger partial charge is 0.191 e. The molecule has 1 saturated heterocycles. The van der Waals surface area contributed by atoms with Crippen molar-refractivity contribution >= 4 is 5.96 Å². The highest BCUT2D eigenvalue weighted by atomic mass is 15.3. The molecule has 0 radical (unpaired) electrons. The maximum Gasteiger partial charge on any atom is 0.191 e. The Kier molecular flexibility index (Phi) is 4.67. The minimum atomic E-state index is 0.514. The van der Waals surface area contributed by atoms with Gasteiger partial charge in [-0.1, -0.05) is 0 Å². The van der Waals surface area contributed by atoms with Crippen LogP contribution in [0.2, 0.25) is 0 Å². The van der Waals surface area contributed by atoms with Crippen molar-refractivity contribution in [1.82, 2.24) is 30.3 Å². The Labute approximate surface area is 150 Å².